The van der Waals surface area contributed by atoms with Crippen LogP contribution in [-0.4, -0.2) is 72.2 Å². The van der Waals surface area contributed by atoms with Crippen LogP contribution < -0.4 is 10.2 Å². The van der Waals surface area contributed by atoms with E-state index >= 15 is 0 Å². The second kappa shape index (κ2) is 7.77. The van der Waals surface area contributed by atoms with Gasteiger partial charge >= 0.3 is 0 Å². The summed E-state index contributed by atoms with van der Waals surface area (Å²) in [5.41, 5.74) is 1.47. The number of ether oxygens (including phenoxy) is 1. The smallest absolute Gasteiger partial charge is 0.270 e. The SMILES string of the molecule is CC(=O)NC1=NN(C(C)=O)[C@@]2(S1)C(=O)N(CCN1CCOCC1)c1ccccc12. The number of anilines is 1. The van der Waals surface area contributed by atoms with E-state index in [1.807, 2.05) is 24.3 Å². The maximum Gasteiger partial charge on any atom is 0.270 e. The third-order valence-electron chi connectivity index (χ3n) is 5.15. The highest BCUT2D eigenvalue weighted by Crippen LogP contribution is 2.54. The molecule has 1 saturated heterocycles. The lowest BCUT2D eigenvalue weighted by Crippen LogP contribution is -2.50. The van der Waals surface area contributed by atoms with Crippen LogP contribution in [0.25, 0.3) is 0 Å². The van der Waals surface area contributed by atoms with E-state index in [1.54, 1.807) is 4.90 Å². The third-order valence-corrected chi connectivity index (χ3v) is 6.39. The molecule has 1 fully saturated rings. The van der Waals surface area contributed by atoms with Crippen molar-refractivity contribution in [2.45, 2.75) is 18.7 Å². The van der Waals surface area contributed by atoms with Crippen LogP contribution in [0.1, 0.15) is 19.4 Å². The van der Waals surface area contributed by atoms with Gasteiger partial charge in [-0.3, -0.25) is 19.3 Å². The number of nitrogens with one attached hydrogen (secondary N) is 1. The molecule has 3 heterocycles. The van der Waals surface area contributed by atoms with E-state index in [2.05, 4.69) is 15.3 Å². The van der Waals surface area contributed by atoms with E-state index in [-0.39, 0.29) is 22.9 Å². The quantitative estimate of drug-likeness (QED) is 0.771. The molecule has 0 bridgehead atoms. The monoisotopic (exact) mass is 417 g/mol. The zero-order chi connectivity index (χ0) is 20.6. The molecule has 154 valence electrons. The average Bonchev–Trinajstić information content (AvgIpc) is 3.18. The van der Waals surface area contributed by atoms with Gasteiger partial charge in [0.1, 0.15) is 0 Å². The van der Waals surface area contributed by atoms with Gasteiger partial charge in [-0.25, -0.2) is 0 Å². The maximum absolute atomic E-state index is 13.7. The Morgan fingerprint density at radius 1 is 1.21 bits per heavy atom. The first-order chi connectivity index (χ1) is 13.9. The minimum atomic E-state index is -1.33. The van der Waals surface area contributed by atoms with Crippen LogP contribution in [0.3, 0.4) is 0 Å². The van der Waals surface area contributed by atoms with Crippen molar-refractivity contribution in [1.29, 1.82) is 0 Å². The fourth-order valence-corrected chi connectivity index (χ4v) is 5.19. The molecule has 0 aliphatic carbocycles. The number of amidine groups is 1. The molecule has 1 aromatic rings. The number of carbonyl (C=O) groups is 3. The predicted molar refractivity (Wildman–Crippen MR) is 109 cm³/mol. The molecule has 29 heavy (non-hydrogen) atoms. The molecule has 0 radical (unpaired) electrons. The second-order valence-electron chi connectivity index (χ2n) is 7.09. The summed E-state index contributed by atoms with van der Waals surface area (Å²) in [7, 11) is 0. The Balaban J connectivity index is 1.66. The Morgan fingerprint density at radius 2 is 1.93 bits per heavy atom. The standard InChI is InChI=1S/C19H23N5O4S/c1-13(25)20-18-21-24(14(2)26)19(29-18)15-5-3-4-6-16(15)23(17(19)27)8-7-22-9-11-28-12-10-22/h3-6H,7-12H2,1-2H3,(H,20,21,25)/t19-/m0/s1. The van der Waals surface area contributed by atoms with Crippen LogP contribution in [0.2, 0.25) is 0 Å². The Bertz CT molecular complexity index is 885. The van der Waals surface area contributed by atoms with Crippen LogP contribution in [0, 0.1) is 0 Å². The van der Waals surface area contributed by atoms with E-state index in [1.165, 1.54) is 18.9 Å². The molecule has 10 heteroatoms. The van der Waals surface area contributed by atoms with E-state index in [4.69, 9.17) is 4.74 Å². The van der Waals surface area contributed by atoms with Gasteiger partial charge in [0.05, 0.1) is 18.9 Å². The lowest BCUT2D eigenvalue weighted by atomic mass is 10.1. The van der Waals surface area contributed by atoms with Crippen LogP contribution in [0.5, 0.6) is 0 Å². The number of hydrogen-bond donors (Lipinski definition) is 1. The van der Waals surface area contributed by atoms with Crippen molar-refractivity contribution in [2.75, 3.05) is 44.3 Å². The summed E-state index contributed by atoms with van der Waals surface area (Å²) in [4.78, 5) is 40.3. The third kappa shape index (κ3) is 3.41. The van der Waals surface area contributed by atoms with Crippen LogP contribution in [0.15, 0.2) is 29.4 Å². The summed E-state index contributed by atoms with van der Waals surface area (Å²) in [6.45, 7) is 6.99. The van der Waals surface area contributed by atoms with Crippen molar-refractivity contribution in [3.8, 4) is 0 Å². The first kappa shape index (κ1) is 19.9. The van der Waals surface area contributed by atoms with E-state index < -0.39 is 4.87 Å². The number of morpholine rings is 1. The van der Waals surface area contributed by atoms with Gasteiger partial charge in [0.2, 0.25) is 16.7 Å². The number of benzene rings is 1. The van der Waals surface area contributed by atoms with Crippen molar-refractivity contribution in [3.63, 3.8) is 0 Å². The van der Waals surface area contributed by atoms with Gasteiger partial charge in [0.25, 0.3) is 5.91 Å². The molecule has 1 spiro atoms. The zero-order valence-corrected chi connectivity index (χ0v) is 17.2. The zero-order valence-electron chi connectivity index (χ0n) is 16.4. The lowest BCUT2D eigenvalue weighted by Gasteiger charge is -2.31. The summed E-state index contributed by atoms with van der Waals surface area (Å²) < 4.78 is 5.39. The van der Waals surface area contributed by atoms with Gasteiger partial charge < -0.3 is 15.0 Å². The van der Waals surface area contributed by atoms with Crippen molar-refractivity contribution in [1.82, 2.24) is 15.2 Å². The number of amides is 3. The highest BCUT2D eigenvalue weighted by atomic mass is 32.2. The second-order valence-corrected chi connectivity index (χ2v) is 8.27. The van der Waals surface area contributed by atoms with Gasteiger partial charge in [0, 0.05) is 45.6 Å². The minimum Gasteiger partial charge on any atom is -0.379 e. The largest absolute Gasteiger partial charge is 0.379 e. The van der Waals surface area contributed by atoms with Gasteiger partial charge in [-0.05, 0) is 17.8 Å². The van der Waals surface area contributed by atoms with Crippen molar-refractivity contribution in [2.24, 2.45) is 5.10 Å². The molecule has 0 aromatic heterocycles. The molecule has 0 unspecified atom stereocenters. The Hall–Kier alpha value is -2.43. The lowest BCUT2D eigenvalue weighted by molar-refractivity contribution is -0.139. The number of thioether (sulfide) groups is 1. The predicted octanol–water partition coefficient (Wildman–Crippen LogP) is 0.521. The summed E-state index contributed by atoms with van der Waals surface area (Å²) in [5, 5.41) is 8.30. The first-order valence-electron chi connectivity index (χ1n) is 9.51. The van der Waals surface area contributed by atoms with Crippen molar-refractivity contribution in [3.05, 3.63) is 29.8 Å². The molecule has 1 N–H and O–H groups in total. The van der Waals surface area contributed by atoms with Crippen molar-refractivity contribution >= 4 is 40.3 Å². The van der Waals surface area contributed by atoms with Gasteiger partial charge in [-0.15, -0.1) is 5.10 Å². The summed E-state index contributed by atoms with van der Waals surface area (Å²) in [6.07, 6.45) is 0. The number of hydrazone groups is 1. The molecular weight excluding hydrogens is 394 g/mol. The highest BCUT2D eigenvalue weighted by Gasteiger charge is 2.60. The first-order valence-corrected chi connectivity index (χ1v) is 10.3. The van der Waals surface area contributed by atoms with E-state index in [0.29, 0.717) is 31.9 Å². The molecule has 0 saturated carbocycles. The van der Waals surface area contributed by atoms with E-state index in [0.717, 1.165) is 30.5 Å². The maximum atomic E-state index is 13.7. The molecule has 4 rings (SSSR count). The summed E-state index contributed by atoms with van der Waals surface area (Å²) in [5.74, 6) is -0.896. The number of fused-ring (bicyclic) bond motifs is 2. The molecule has 1 aromatic carbocycles. The average molecular weight is 417 g/mol. The molecule has 3 aliphatic heterocycles. The number of nitrogens with zero attached hydrogens (tertiary/aromatic N) is 4. The Kier molecular flexibility index (Phi) is 5.32. The normalized spacial score (nSPS) is 24.1. The van der Waals surface area contributed by atoms with Crippen LogP contribution in [-0.2, 0) is 24.0 Å². The molecule has 9 nitrogen and oxygen atoms in total. The van der Waals surface area contributed by atoms with Crippen LogP contribution >= 0.6 is 11.8 Å². The fourth-order valence-electron chi connectivity index (χ4n) is 3.85. The Morgan fingerprint density at radius 3 is 2.62 bits per heavy atom. The molecular formula is C19H23N5O4S. The minimum absolute atomic E-state index is 0.226. The summed E-state index contributed by atoms with van der Waals surface area (Å²) in [6, 6.07) is 7.45. The fraction of sp³-hybridized carbons (Fsp3) is 0.474. The molecule has 3 aliphatic rings. The van der Waals surface area contributed by atoms with Crippen molar-refractivity contribution < 1.29 is 19.1 Å². The number of hydrogen-bond acceptors (Lipinski definition) is 7. The molecule has 3 amide bonds. The number of rotatable bonds is 3. The Labute approximate surface area is 173 Å². The topological polar surface area (TPSA) is 94.5 Å². The van der Waals surface area contributed by atoms with Gasteiger partial charge in [-0.2, -0.15) is 5.01 Å². The number of carbonyl (C=O) groups excluding carboxylic acids is 3. The highest BCUT2D eigenvalue weighted by molar-refractivity contribution is 8.15. The van der Waals surface area contributed by atoms with Gasteiger partial charge in [0.15, 0.2) is 5.17 Å². The summed E-state index contributed by atoms with van der Waals surface area (Å²) >= 11 is 1.10. The number of para-hydroxylation sites is 1. The van der Waals surface area contributed by atoms with E-state index in [9.17, 15) is 14.4 Å². The van der Waals surface area contributed by atoms with Crippen LogP contribution in [0.4, 0.5) is 5.69 Å². The molecule has 1 atom stereocenters. The van der Waals surface area contributed by atoms with Gasteiger partial charge in [-0.1, -0.05) is 18.2 Å².